The van der Waals surface area contributed by atoms with Crippen molar-refractivity contribution >= 4 is 22.6 Å². The molecule has 2 N–H and O–H groups in total. The van der Waals surface area contributed by atoms with Gasteiger partial charge in [0.05, 0.1) is 17.1 Å². The molecule has 1 amide bonds. The van der Waals surface area contributed by atoms with Gasteiger partial charge in [-0.3, -0.25) is 19.4 Å². The fourth-order valence-electron chi connectivity index (χ4n) is 3.50. The van der Waals surface area contributed by atoms with Gasteiger partial charge in [-0.15, -0.1) is 0 Å². The first-order valence-electron chi connectivity index (χ1n) is 10.8. The average Bonchev–Trinajstić information content (AvgIpc) is 2.73. The molecule has 0 atom stereocenters. The lowest BCUT2D eigenvalue weighted by atomic mass is 10.1. The zero-order valence-corrected chi connectivity index (χ0v) is 18.7. The highest BCUT2D eigenvalue weighted by Gasteiger charge is 2.17. The van der Waals surface area contributed by atoms with Crippen molar-refractivity contribution in [2.24, 2.45) is 0 Å². The van der Waals surface area contributed by atoms with Gasteiger partial charge in [-0.2, -0.15) is 0 Å². The molecule has 8 heteroatoms. The maximum absolute atomic E-state index is 13.3. The standard InChI is InChI=1S/C23H31N5O3/c1-5-6-10-25-22(29)17-14-18-21(27(19(17)24)12-8-13-31-15(2)3)26-20-16(4)9-7-11-28(20)23(18)30/h7,9,11,14-15,24H,5-6,8,10,12-13H2,1-4H3,(H,25,29). The van der Waals surface area contributed by atoms with E-state index in [1.807, 2.05) is 33.8 Å². The molecule has 3 aromatic rings. The van der Waals surface area contributed by atoms with E-state index in [0.717, 1.165) is 18.4 Å². The fourth-order valence-corrected chi connectivity index (χ4v) is 3.50. The highest BCUT2D eigenvalue weighted by molar-refractivity contribution is 5.96. The molecular weight excluding hydrogens is 394 g/mol. The van der Waals surface area contributed by atoms with Gasteiger partial charge < -0.3 is 14.6 Å². The van der Waals surface area contributed by atoms with Gasteiger partial charge in [-0.05, 0) is 51.3 Å². The molecule has 0 aromatic carbocycles. The number of nitrogens with one attached hydrogen (secondary N) is 2. The van der Waals surface area contributed by atoms with Gasteiger partial charge in [-0.25, -0.2) is 4.98 Å². The number of pyridine rings is 2. The van der Waals surface area contributed by atoms with Crippen LogP contribution in [-0.2, 0) is 11.3 Å². The van der Waals surface area contributed by atoms with Crippen LogP contribution in [-0.4, -0.2) is 39.1 Å². The zero-order chi connectivity index (χ0) is 22.5. The molecule has 0 spiro atoms. The summed E-state index contributed by atoms with van der Waals surface area (Å²) in [5.74, 6) is -0.346. The summed E-state index contributed by atoms with van der Waals surface area (Å²) in [7, 11) is 0. The molecule has 0 aliphatic carbocycles. The number of rotatable bonds is 9. The summed E-state index contributed by atoms with van der Waals surface area (Å²) in [6.45, 7) is 9.35. The van der Waals surface area contributed by atoms with Crippen LogP contribution in [0.5, 0.6) is 0 Å². The first-order chi connectivity index (χ1) is 14.8. The second kappa shape index (κ2) is 9.87. The maximum atomic E-state index is 13.3. The summed E-state index contributed by atoms with van der Waals surface area (Å²) in [6, 6.07) is 5.20. The molecule has 0 aliphatic heterocycles. The predicted molar refractivity (Wildman–Crippen MR) is 120 cm³/mol. The van der Waals surface area contributed by atoms with Crippen molar-refractivity contribution in [1.82, 2.24) is 19.3 Å². The van der Waals surface area contributed by atoms with E-state index in [0.29, 0.717) is 42.8 Å². The first kappa shape index (κ1) is 22.7. The van der Waals surface area contributed by atoms with Crippen LogP contribution < -0.4 is 16.4 Å². The Balaban J connectivity index is 2.17. The first-order valence-corrected chi connectivity index (χ1v) is 10.8. The molecule has 0 radical (unpaired) electrons. The molecular formula is C23H31N5O3. The molecule has 0 aliphatic rings. The van der Waals surface area contributed by atoms with Crippen molar-refractivity contribution in [1.29, 1.82) is 5.41 Å². The van der Waals surface area contributed by atoms with Crippen molar-refractivity contribution in [2.75, 3.05) is 13.2 Å². The molecule has 3 rings (SSSR count). The van der Waals surface area contributed by atoms with Crippen LogP contribution in [0.4, 0.5) is 0 Å². The van der Waals surface area contributed by atoms with E-state index in [9.17, 15) is 9.59 Å². The van der Waals surface area contributed by atoms with Crippen LogP contribution in [0.15, 0.2) is 29.2 Å². The molecule has 0 saturated carbocycles. The van der Waals surface area contributed by atoms with E-state index >= 15 is 0 Å². The minimum atomic E-state index is -0.346. The second-order valence-corrected chi connectivity index (χ2v) is 7.98. The summed E-state index contributed by atoms with van der Waals surface area (Å²) >= 11 is 0. The van der Waals surface area contributed by atoms with Crippen molar-refractivity contribution < 1.29 is 9.53 Å². The summed E-state index contributed by atoms with van der Waals surface area (Å²) in [5, 5.41) is 11.9. The lowest BCUT2D eigenvalue weighted by molar-refractivity contribution is 0.0748. The van der Waals surface area contributed by atoms with Crippen LogP contribution in [0.1, 0.15) is 56.0 Å². The minimum absolute atomic E-state index is 0.0517. The third kappa shape index (κ3) is 4.85. The van der Waals surface area contributed by atoms with E-state index in [2.05, 4.69) is 5.32 Å². The van der Waals surface area contributed by atoms with Gasteiger partial charge in [0.15, 0.2) is 0 Å². The Kier molecular flexibility index (Phi) is 7.22. The summed E-state index contributed by atoms with van der Waals surface area (Å²) in [6.07, 6.45) is 4.24. The molecule has 3 heterocycles. The predicted octanol–water partition coefficient (Wildman–Crippen LogP) is 2.78. The van der Waals surface area contributed by atoms with Gasteiger partial charge in [0.25, 0.3) is 11.5 Å². The zero-order valence-electron chi connectivity index (χ0n) is 18.7. The number of hydrogen-bond acceptors (Lipinski definition) is 5. The quantitative estimate of drug-likeness (QED) is 0.407. The average molecular weight is 426 g/mol. The van der Waals surface area contributed by atoms with Gasteiger partial charge in [0.1, 0.15) is 16.8 Å². The second-order valence-electron chi connectivity index (χ2n) is 7.98. The number of carbonyl (C=O) groups excluding carboxylic acids is 1. The smallest absolute Gasteiger partial charge is 0.267 e. The Bertz CT molecular complexity index is 1210. The third-order valence-electron chi connectivity index (χ3n) is 5.17. The number of carbonyl (C=O) groups is 1. The molecule has 0 saturated heterocycles. The van der Waals surface area contributed by atoms with Gasteiger partial charge in [0, 0.05) is 25.9 Å². The Hall–Kier alpha value is -3.00. The highest BCUT2D eigenvalue weighted by atomic mass is 16.5. The summed E-state index contributed by atoms with van der Waals surface area (Å²) in [5.41, 5.74) is 1.81. The van der Waals surface area contributed by atoms with Crippen LogP contribution >= 0.6 is 0 Å². The number of hydrogen-bond donors (Lipinski definition) is 2. The maximum Gasteiger partial charge on any atom is 0.267 e. The molecule has 8 nitrogen and oxygen atoms in total. The number of aryl methyl sites for hydroxylation is 2. The van der Waals surface area contributed by atoms with Crippen LogP contribution in [0, 0.1) is 12.3 Å². The minimum Gasteiger partial charge on any atom is -0.379 e. The van der Waals surface area contributed by atoms with E-state index < -0.39 is 0 Å². The van der Waals surface area contributed by atoms with E-state index in [1.54, 1.807) is 16.8 Å². The molecule has 0 bridgehead atoms. The molecule has 0 unspecified atom stereocenters. The normalized spacial score (nSPS) is 11.5. The lowest BCUT2D eigenvalue weighted by Gasteiger charge is -2.15. The summed E-state index contributed by atoms with van der Waals surface area (Å²) in [4.78, 5) is 30.8. The van der Waals surface area contributed by atoms with E-state index in [1.165, 1.54) is 10.5 Å². The highest BCUT2D eigenvalue weighted by Crippen LogP contribution is 2.13. The Morgan fingerprint density at radius 3 is 2.77 bits per heavy atom. The van der Waals surface area contributed by atoms with Crippen LogP contribution in [0.2, 0.25) is 0 Å². The molecule has 0 fully saturated rings. The van der Waals surface area contributed by atoms with Gasteiger partial charge in [-0.1, -0.05) is 19.4 Å². The Labute approximate surface area is 181 Å². The largest absolute Gasteiger partial charge is 0.379 e. The third-order valence-corrected chi connectivity index (χ3v) is 5.17. The Morgan fingerprint density at radius 1 is 1.29 bits per heavy atom. The van der Waals surface area contributed by atoms with Crippen molar-refractivity contribution in [2.45, 2.75) is 59.6 Å². The number of ether oxygens (including phenoxy) is 1. The topological polar surface area (TPSA) is 101 Å². The van der Waals surface area contributed by atoms with E-state index in [4.69, 9.17) is 15.1 Å². The number of nitrogens with zero attached hydrogens (tertiary/aromatic N) is 3. The SMILES string of the molecule is CCCCNC(=O)c1cc2c(=O)n3cccc(C)c3nc2n(CCCOC(C)C)c1=N. The Morgan fingerprint density at radius 2 is 2.06 bits per heavy atom. The molecule has 31 heavy (non-hydrogen) atoms. The van der Waals surface area contributed by atoms with Crippen LogP contribution in [0.25, 0.3) is 16.7 Å². The number of fused-ring (bicyclic) bond motifs is 2. The molecule has 3 aromatic heterocycles. The number of amides is 1. The molecule has 166 valence electrons. The van der Waals surface area contributed by atoms with Crippen molar-refractivity contribution in [3.63, 3.8) is 0 Å². The fraction of sp³-hybridized carbons (Fsp3) is 0.478. The summed E-state index contributed by atoms with van der Waals surface area (Å²) < 4.78 is 8.78. The van der Waals surface area contributed by atoms with Gasteiger partial charge >= 0.3 is 0 Å². The van der Waals surface area contributed by atoms with Crippen molar-refractivity contribution in [3.8, 4) is 0 Å². The van der Waals surface area contributed by atoms with Crippen LogP contribution in [0.3, 0.4) is 0 Å². The monoisotopic (exact) mass is 425 g/mol. The van der Waals surface area contributed by atoms with Gasteiger partial charge in [0.2, 0.25) is 0 Å². The number of aromatic nitrogens is 3. The lowest BCUT2D eigenvalue weighted by Crippen LogP contribution is -2.35. The van der Waals surface area contributed by atoms with Crippen molar-refractivity contribution in [3.05, 3.63) is 51.4 Å². The number of unbranched alkanes of at least 4 members (excludes halogenated alkanes) is 1. The van der Waals surface area contributed by atoms with E-state index in [-0.39, 0.29) is 28.6 Å².